The van der Waals surface area contributed by atoms with Gasteiger partial charge in [-0.1, -0.05) is 12.1 Å². The first-order valence-electron chi connectivity index (χ1n) is 8.71. The molecule has 7 heteroatoms. The van der Waals surface area contributed by atoms with Gasteiger partial charge >= 0.3 is 0 Å². The highest BCUT2D eigenvalue weighted by molar-refractivity contribution is 5.78. The Morgan fingerprint density at radius 1 is 1.26 bits per heavy atom. The summed E-state index contributed by atoms with van der Waals surface area (Å²) in [5, 5.41) is 12.8. The van der Waals surface area contributed by atoms with E-state index in [9.17, 15) is 9.90 Å². The zero-order chi connectivity index (χ0) is 19.2. The summed E-state index contributed by atoms with van der Waals surface area (Å²) < 4.78 is 12.6. The summed E-state index contributed by atoms with van der Waals surface area (Å²) in [6, 6.07) is 12.8. The van der Waals surface area contributed by atoms with Crippen LogP contribution < -0.4 is 14.8 Å². The van der Waals surface area contributed by atoms with E-state index >= 15 is 0 Å². The number of ether oxygens (including phenoxy) is 2. The number of nitrogens with one attached hydrogen (secondary N) is 1. The van der Waals surface area contributed by atoms with E-state index in [0.29, 0.717) is 11.5 Å². The molecule has 0 aliphatic heterocycles. The number of carbonyl (C=O) groups is 1. The van der Waals surface area contributed by atoms with Crippen LogP contribution in [0.3, 0.4) is 0 Å². The highest BCUT2D eigenvalue weighted by atomic mass is 16.5. The number of aromatic nitrogens is 2. The molecule has 2 N–H and O–H groups in total. The fraction of sp³-hybridized carbons (Fsp3) is 0.300. The van der Waals surface area contributed by atoms with E-state index in [1.807, 2.05) is 41.8 Å². The van der Waals surface area contributed by atoms with Gasteiger partial charge in [-0.25, -0.2) is 4.98 Å². The highest BCUT2D eigenvalue weighted by Crippen LogP contribution is 2.18. The van der Waals surface area contributed by atoms with Crippen LogP contribution in [-0.4, -0.2) is 46.8 Å². The van der Waals surface area contributed by atoms with Crippen molar-refractivity contribution in [3.63, 3.8) is 0 Å². The van der Waals surface area contributed by atoms with E-state index in [1.165, 1.54) is 0 Å². The number of rotatable bonds is 8. The van der Waals surface area contributed by atoms with Crippen molar-refractivity contribution in [2.75, 3.05) is 20.3 Å². The van der Waals surface area contributed by atoms with Gasteiger partial charge in [0.15, 0.2) is 0 Å². The number of aliphatic hydroxyl groups excluding tert-OH is 1. The molecule has 3 aromatic rings. The Labute approximate surface area is 157 Å². The predicted molar refractivity (Wildman–Crippen MR) is 101 cm³/mol. The molecule has 2 heterocycles. The van der Waals surface area contributed by atoms with Gasteiger partial charge in [-0.2, -0.15) is 0 Å². The summed E-state index contributed by atoms with van der Waals surface area (Å²) in [4.78, 5) is 16.7. The molecule has 0 saturated carbocycles. The number of imidazole rings is 1. The second-order valence-electron chi connectivity index (χ2n) is 6.20. The molecule has 142 valence electrons. The Hall–Kier alpha value is -3.06. The number of methoxy groups -OCH3 is 1. The van der Waals surface area contributed by atoms with E-state index in [-0.39, 0.29) is 25.5 Å². The van der Waals surface area contributed by atoms with Crippen molar-refractivity contribution in [3.8, 4) is 11.5 Å². The Bertz CT molecular complexity index is 922. The first kappa shape index (κ1) is 18.7. The molecule has 0 bridgehead atoms. The lowest BCUT2D eigenvalue weighted by molar-refractivity contribution is -0.121. The van der Waals surface area contributed by atoms with Gasteiger partial charge in [0.05, 0.1) is 24.9 Å². The maximum atomic E-state index is 12.2. The smallest absolute Gasteiger partial charge is 0.226 e. The number of hydrogen-bond donors (Lipinski definition) is 2. The highest BCUT2D eigenvalue weighted by Gasteiger charge is 2.14. The van der Waals surface area contributed by atoms with Crippen molar-refractivity contribution in [1.82, 2.24) is 14.7 Å². The average molecular weight is 369 g/mol. The van der Waals surface area contributed by atoms with Crippen LogP contribution in [0.4, 0.5) is 0 Å². The molecule has 0 saturated heterocycles. The van der Waals surface area contributed by atoms with Crippen molar-refractivity contribution < 1.29 is 19.4 Å². The molecule has 1 unspecified atom stereocenters. The van der Waals surface area contributed by atoms with Gasteiger partial charge in [0, 0.05) is 18.8 Å². The average Bonchev–Trinajstić information content (AvgIpc) is 3.00. The third kappa shape index (κ3) is 4.77. The van der Waals surface area contributed by atoms with Crippen LogP contribution in [-0.2, 0) is 11.2 Å². The largest absolute Gasteiger partial charge is 0.497 e. The first-order chi connectivity index (χ1) is 13.1. The minimum atomic E-state index is -0.816. The van der Waals surface area contributed by atoms with Gasteiger partial charge < -0.3 is 24.3 Å². The van der Waals surface area contributed by atoms with Crippen molar-refractivity contribution in [2.45, 2.75) is 19.4 Å². The van der Waals surface area contributed by atoms with Gasteiger partial charge in [-0.05, 0) is 31.2 Å². The molecular weight excluding hydrogens is 346 g/mol. The van der Waals surface area contributed by atoms with Gasteiger partial charge in [-0.3, -0.25) is 4.79 Å². The van der Waals surface area contributed by atoms with E-state index in [1.54, 1.807) is 25.3 Å². The molecular formula is C20H23N3O4. The lowest BCUT2D eigenvalue weighted by atomic mass is 10.2. The predicted octanol–water partition coefficient (Wildman–Crippen LogP) is 1.75. The lowest BCUT2D eigenvalue weighted by Crippen LogP contribution is -2.36. The maximum Gasteiger partial charge on any atom is 0.226 e. The summed E-state index contributed by atoms with van der Waals surface area (Å²) >= 11 is 0. The zero-order valence-corrected chi connectivity index (χ0v) is 15.4. The number of fused-ring (bicyclic) bond motifs is 1. The molecule has 1 atom stereocenters. The number of benzene rings is 1. The summed E-state index contributed by atoms with van der Waals surface area (Å²) in [6.45, 7) is 2.06. The van der Waals surface area contributed by atoms with Crippen LogP contribution >= 0.6 is 0 Å². The fourth-order valence-corrected chi connectivity index (χ4v) is 2.77. The molecule has 3 rings (SSSR count). The third-order valence-corrected chi connectivity index (χ3v) is 4.18. The van der Waals surface area contributed by atoms with Crippen molar-refractivity contribution in [3.05, 3.63) is 60.0 Å². The SMILES string of the molecule is COc1cccc(OCC(O)CNC(=O)Cc2c(C)nc3ccccn23)c1. The topological polar surface area (TPSA) is 85.1 Å². The minimum Gasteiger partial charge on any atom is -0.497 e. The zero-order valence-electron chi connectivity index (χ0n) is 15.4. The quantitative estimate of drug-likeness (QED) is 0.632. The monoisotopic (exact) mass is 369 g/mol. The van der Waals surface area contributed by atoms with Gasteiger partial charge in [-0.15, -0.1) is 0 Å². The molecule has 0 aliphatic rings. The molecule has 1 amide bonds. The molecule has 0 fully saturated rings. The maximum absolute atomic E-state index is 12.2. The van der Waals surface area contributed by atoms with Gasteiger partial charge in [0.25, 0.3) is 0 Å². The minimum absolute atomic E-state index is 0.0715. The second-order valence-corrected chi connectivity index (χ2v) is 6.20. The number of aryl methyl sites for hydroxylation is 1. The Balaban J connectivity index is 1.49. The van der Waals surface area contributed by atoms with E-state index in [0.717, 1.165) is 17.0 Å². The van der Waals surface area contributed by atoms with Crippen molar-refractivity contribution >= 4 is 11.6 Å². The number of amides is 1. The number of hydrogen-bond acceptors (Lipinski definition) is 5. The van der Waals surface area contributed by atoms with E-state index in [4.69, 9.17) is 9.47 Å². The van der Waals surface area contributed by atoms with Crippen molar-refractivity contribution in [1.29, 1.82) is 0 Å². The van der Waals surface area contributed by atoms with E-state index in [2.05, 4.69) is 10.3 Å². The number of carbonyl (C=O) groups excluding carboxylic acids is 1. The molecule has 2 aromatic heterocycles. The Morgan fingerprint density at radius 3 is 2.89 bits per heavy atom. The molecule has 7 nitrogen and oxygen atoms in total. The summed E-state index contributed by atoms with van der Waals surface area (Å²) in [7, 11) is 1.58. The second kappa shape index (κ2) is 8.55. The molecule has 1 aromatic carbocycles. The molecule has 0 spiro atoms. The van der Waals surface area contributed by atoms with Gasteiger partial charge in [0.1, 0.15) is 29.9 Å². The molecule has 27 heavy (non-hydrogen) atoms. The Morgan fingerprint density at radius 2 is 2.07 bits per heavy atom. The number of pyridine rings is 1. The molecule has 0 aliphatic carbocycles. The number of aliphatic hydroxyl groups is 1. The molecule has 0 radical (unpaired) electrons. The summed E-state index contributed by atoms with van der Waals surface area (Å²) in [5.74, 6) is 1.10. The van der Waals surface area contributed by atoms with E-state index < -0.39 is 6.10 Å². The number of nitrogens with zero attached hydrogens (tertiary/aromatic N) is 2. The third-order valence-electron chi connectivity index (χ3n) is 4.18. The standard InChI is InChI=1S/C20H23N3O4/c1-14-18(23-9-4-3-8-19(23)22-14)11-20(25)21-12-15(24)13-27-17-7-5-6-16(10-17)26-2/h3-10,15,24H,11-13H2,1-2H3,(H,21,25). The van der Waals surface area contributed by atoms with Gasteiger partial charge in [0.2, 0.25) is 5.91 Å². The van der Waals surface area contributed by atoms with Crippen LogP contribution in [0.15, 0.2) is 48.7 Å². The fourth-order valence-electron chi connectivity index (χ4n) is 2.77. The summed E-state index contributed by atoms with van der Waals surface area (Å²) in [5.41, 5.74) is 2.47. The Kier molecular flexibility index (Phi) is 5.93. The summed E-state index contributed by atoms with van der Waals surface area (Å²) in [6.07, 6.45) is 1.26. The van der Waals surface area contributed by atoms with Crippen LogP contribution in [0.5, 0.6) is 11.5 Å². The lowest BCUT2D eigenvalue weighted by Gasteiger charge is -2.14. The van der Waals surface area contributed by atoms with Crippen LogP contribution in [0.2, 0.25) is 0 Å². The van der Waals surface area contributed by atoms with Crippen LogP contribution in [0.1, 0.15) is 11.4 Å². The van der Waals surface area contributed by atoms with Crippen molar-refractivity contribution in [2.24, 2.45) is 0 Å². The van der Waals surface area contributed by atoms with Crippen LogP contribution in [0.25, 0.3) is 5.65 Å². The first-order valence-corrected chi connectivity index (χ1v) is 8.71. The van der Waals surface area contributed by atoms with Crippen LogP contribution in [0, 0.1) is 6.92 Å². The normalized spacial score (nSPS) is 12.0.